The van der Waals surface area contributed by atoms with Gasteiger partial charge in [0.1, 0.15) is 28.2 Å². The first-order chi connectivity index (χ1) is 16.2. The number of nitrogens with zero attached hydrogens (tertiary/aromatic N) is 2. The molecule has 0 fully saturated rings. The van der Waals surface area contributed by atoms with Crippen molar-refractivity contribution in [2.75, 3.05) is 11.9 Å². The summed E-state index contributed by atoms with van der Waals surface area (Å²) < 4.78 is 10.7. The molecule has 2 heterocycles. The summed E-state index contributed by atoms with van der Waals surface area (Å²) in [5.74, 6) is -0.910. The minimum absolute atomic E-state index is 0.161. The standard InChI is InChI=1S/C23H18ClN3O6S/c1-4-32-23(29)20-12(2)13(3)34-22(20)26-21(28)14(11-25)9-16-6-8-19(33-16)17-10-15(27(30)31)5-7-18(17)24/h5-10H,4H2,1-3H3,(H,26,28)/b14-9+. The van der Waals surface area contributed by atoms with E-state index >= 15 is 0 Å². The van der Waals surface area contributed by atoms with Crippen molar-refractivity contribution in [3.8, 4) is 17.4 Å². The number of ether oxygens (including phenoxy) is 1. The number of rotatable bonds is 7. The third-order valence-electron chi connectivity index (χ3n) is 4.80. The lowest BCUT2D eigenvalue weighted by Crippen LogP contribution is -2.16. The van der Waals surface area contributed by atoms with E-state index in [-0.39, 0.29) is 45.0 Å². The van der Waals surface area contributed by atoms with E-state index in [2.05, 4.69) is 5.32 Å². The fraction of sp³-hybridized carbons (Fsp3) is 0.174. The van der Waals surface area contributed by atoms with Gasteiger partial charge < -0.3 is 14.5 Å². The average Bonchev–Trinajstić information content (AvgIpc) is 3.36. The number of anilines is 1. The van der Waals surface area contributed by atoms with E-state index in [4.69, 9.17) is 20.8 Å². The summed E-state index contributed by atoms with van der Waals surface area (Å²) in [6.45, 7) is 5.42. The Bertz CT molecular complexity index is 1370. The Morgan fingerprint density at radius 2 is 2.06 bits per heavy atom. The van der Waals surface area contributed by atoms with Crippen molar-refractivity contribution < 1.29 is 23.7 Å². The quantitative estimate of drug-likeness (QED) is 0.140. The van der Waals surface area contributed by atoms with Crippen LogP contribution in [0.5, 0.6) is 0 Å². The van der Waals surface area contributed by atoms with Crippen LogP contribution in [0.2, 0.25) is 5.02 Å². The first-order valence-electron chi connectivity index (χ1n) is 9.90. The van der Waals surface area contributed by atoms with Crippen LogP contribution in [0, 0.1) is 35.3 Å². The molecule has 0 aliphatic heterocycles. The number of hydrogen-bond donors (Lipinski definition) is 1. The van der Waals surface area contributed by atoms with Crippen molar-refractivity contribution in [3.63, 3.8) is 0 Å². The van der Waals surface area contributed by atoms with Gasteiger partial charge in [-0.25, -0.2) is 4.79 Å². The molecule has 2 aromatic heterocycles. The van der Waals surface area contributed by atoms with Gasteiger partial charge in [-0.2, -0.15) is 5.26 Å². The third-order valence-corrected chi connectivity index (χ3v) is 6.25. The van der Waals surface area contributed by atoms with Gasteiger partial charge >= 0.3 is 5.97 Å². The average molecular weight is 500 g/mol. The molecule has 0 unspecified atom stereocenters. The Hall–Kier alpha value is -3.94. The fourth-order valence-corrected chi connectivity index (χ4v) is 4.27. The fourth-order valence-electron chi connectivity index (χ4n) is 3.02. The van der Waals surface area contributed by atoms with Gasteiger partial charge in [0.2, 0.25) is 0 Å². The number of benzene rings is 1. The number of non-ortho nitro benzene ring substituents is 1. The number of esters is 1. The second kappa shape index (κ2) is 10.3. The number of carbonyl (C=O) groups excluding carboxylic acids is 2. The molecule has 0 radical (unpaired) electrons. The van der Waals surface area contributed by atoms with Crippen LogP contribution in [0.15, 0.2) is 40.3 Å². The minimum Gasteiger partial charge on any atom is -0.462 e. The molecule has 174 valence electrons. The first-order valence-corrected chi connectivity index (χ1v) is 11.1. The minimum atomic E-state index is -0.736. The van der Waals surface area contributed by atoms with Crippen molar-refractivity contribution >= 4 is 51.6 Å². The zero-order chi connectivity index (χ0) is 25.0. The summed E-state index contributed by atoms with van der Waals surface area (Å²) in [7, 11) is 0. The molecule has 1 aromatic carbocycles. The van der Waals surface area contributed by atoms with E-state index in [1.807, 2.05) is 13.0 Å². The van der Waals surface area contributed by atoms with Crippen LogP contribution in [0.25, 0.3) is 17.4 Å². The summed E-state index contributed by atoms with van der Waals surface area (Å²) in [4.78, 5) is 36.4. The molecule has 1 N–H and O–H groups in total. The molecule has 0 bridgehead atoms. The number of nitriles is 1. The molecule has 11 heteroatoms. The molecule has 3 rings (SSSR count). The summed E-state index contributed by atoms with van der Waals surface area (Å²) in [6, 6.07) is 8.75. The highest BCUT2D eigenvalue weighted by atomic mass is 35.5. The molecule has 0 saturated carbocycles. The molecular formula is C23H18ClN3O6S. The summed E-state index contributed by atoms with van der Waals surface area (Å²) in [6.07, 6.45) is 1.22. The van der Waals surface area contributed by atoms with E-state index in [9.17, 15) is 25.0 Å². The Labute approximate surface area is 203 Å². The van der Waals surface area contributed by atoms with E-state index < -0.39 is 16.8 Å². The number of nitro benzene ring substituents is 1. The highest BCUT2D eigenvalue weighted by Crippen LogP contribution is 2.34. The number of amides is 1. The number of nitrogens with one attached hydrogen (secondary N) is 1. The summed E-state index contributed by atoms with van der Waals surface area (Å²) in [5, 5.41) is 23.7. The molecule has 9 nitrogen and oxygen atoms in total. The number of aryl methyl sites for hydroxylation is 1. The van der Waals surface area contributed by atoms with Crippen molar-refractivity contribution in [1.29, 1.82) is 5.26 Å². The van der Waals surface area contributed by atoms with Gasteiger partial charge in [0.05, 0.1) is 22.1 Å². The molecule has 1 amide bonds. The Morgan fingerprint density at radius 1 is 1.32 bits per heavy atom. The highest BCUT2D eigenvalue weighted by Gasteiger charge is 2.23. The number of nitro groups is 1. The van der Waals surface area contributed by atoms with Crippen molar-refractivity contribution in [2.45, 2.75) is 20.8 Å². The zero-order valence-electron chi connectivity index (χ0n) is 18.3. The van der Waals surface area contributed by atoms with Crippen LogP contribution in [-0.2, 0) is 9.53 Å². The summed E-state index contributed by atoms with van der Waals surface area (Å²) in [5.41, 5.74) is 0.789. The lowest BCUT2D eigenvalue weighted by molar-refractivity contribution is -0.384. The predicted octanol–water partition coefficient (Wildman–Crippen LogP) is 5.91. The normalized spacial score (nSPS) is 11.1. The van der Waals surface area contributed by atoms with Crippen LogP contribution >= 0.6 is 22.9 Å². The maximum atomic E-state index is 12.8. The van der Waals surface area contributed by atoms with Crippen molar-refractivity contribution in [1.82, 2.24) is 0 Å². The maximum absolute atomic E-state index is 12.8. The molecule has 0 aliphatic rings. The SMILES string of the molecule is CCOC(=O)c1c(NC(=O)/C(C#N)=C/c2ccc(-c3cc([N+](=O)[O-])ccc3Cl)o2)sc(C)c1C. The van der Waals surface area contributed by atoms with E-state index in [1.54, 1.807) is 13.8 Å². The van der Waals surface area contributed by atoms with Crippen LogP contribution in [-0.4, -0.2) is 23.4 Å². The van der Waals surface area contributed by atoms with Gasteiger partial charge in [0.25, 0.3) is 11.6 Å². The Morgan fingerprint density at radius 3 is 2.71 bits per heavy atom. The van der Waals surface area contributed by atoms with Crippen molar-refractivity contribution in [3.05, 3.63) is 72.8 Å². The molecule has 0 aliphatic carbocycles. The van der Waals surface area contributed by atoms with E-state index in [1.165, 1.54) is 47.7 Å². The number of carbonyl (C=O) groups is 2. The smallest absolute Gasteiger partial charge is 0.341 e. The summed E-state index contributed by atoms with van der Waals surface area (Å²) >= 11 is 7.35. The monoisotopic (exact) mass is 499 g/mol. The number of thiophene rings is 1. The maximum Gasteiger partial charge on any atom is 0.341 e. The third kappa shape index (κ3) is 5.17. The van der Waals surface area contributed by atoms with E-state index in [0.29, 0.717) is 11.1 Å². The van der Waals surface area contributed by atoms with Gasteiger partial charge in [0, 0.05) is 28.6 Å². The van der Waals surface area contributed by atoms with Crippen molar-refractivity contribution in [2.24, 2.45) is 0 Å². The lowest BCUT2D eigenvalue weighted by Gasteiger charge is -2.06. The number of furan rings is 1. The Balaban J connectivity index is 1.89. The van der Waals surface area contributed by atoms with Crippen LogP contribution in [0.1, 0.15) is 33.5 Å². The number of hydrogen-bond acceptors (Lipinski definition) is 8. The Kier molecular flexibility index (Phi) is 7.50. The van der Waals surface area contributed by atoms with Crippen LogP contribution in [0.4, 0.5) is 10.7 Å². The van der Waals surface area contributed by atoms with Gasteiger partial charge in [-0.15, -0.1) is 11.3 Å². The second-order valence-corrected chi connectivity index (χ2v) is 8.59. The lowest BCUT2D eigenvalue weighted by atomic mass is 10.1. The van der Waals surface area contributed by atoms with E-state index in [0.717, 1.165) is 4.88 Å². The van der Waals surface area contributed by atoms with Gasteiger partial charge in [-0.1, -0.05) is 11.6 Å². The largest absolute Gasteiger partial charge is 0.462 e. The topological polar surface area (TPSA) is 135 Å². The molecule has 3 aromatic rings. The van der Waals surface area contributed by atoms with Gasteiger partial charge in [0.15, 0.2) is 0 Å². The second-order valence-electron chi connectivity index (χ2n) is 6.96. The van der Waals surface area contributed by atoms with Gasteiger partial charge in [-0.05, 0) is 44.5 Å². The first kappa shape index (κ1) is 24.7. The molecule has 0 spiro atoms. The van der Waals surface area contributed by atoms with Crippen LogP contribution in [0.3, 0.4) is 0 Å². The zero-order valence-corrected chi connectivity index (χ0v) is 19.9. The molecule has 0 atom stereocenters. The molecule has 34 heavy (non-hydrogen) atoms. The van der Waals surface area contributed by atoms with Crippen LogP contribution < -0.4 is 5.32 Å². The predicted molar refractivity (Wildman–Crippen MR) is 128 cm³/mol. The van der Waals surface area contributed by atoms with Gasteiger partial charge in [-0.3, -0.25) is 14.9 Å². The number of halogens is 1. The molecular weight excluding hydrogens is 482 g/mol. The highest BCUT2D eigenvalue weighted by molar-refractivity contribution is 7.16. The molecule has 0 saturated heterocycles.